The van der Waals surface area contributed by atoms with E-state index in [0.29, 0.717) is 12.5 Å². The van der Waals surface area contributed by atoms with Gasteiger partial charge in [0.05, 0.1) is 6.54 Å². The van der Waals surface area contributed by atoms with Crippen molar-refractivity contribution >= 4 is 17.5 Å². The number of carbonyl (C=O) groups is 2. The summed E-state index contributed by atoms with van der Waals surface area (Å²) in [6.45, 7) is 8.80. The first-order chi connectivity index (χ1) is 14.9. The highest BCUT2D eigenvalue weighted by atomic mass is 16.2. The molecular weight excluding hydrogens is 386 g/mol. The summed E-state index contributed by atoms with van der Waals surface area (Å²) in [6, 6.07) is 13.9. The molecule has 1 fully saturated rings. The van der Waals surface area contributed by atoms with Crippen molar-refractivity contribution in [1.29, 1.82) is 0 Å². The molecule has 0 saturated carbocycles. The molecule has 2 amide bonds. The first kappa shape index (κ1) is 21.6. The molecular formula is C26H33N3O2. The Morgan fingerprint density at radius 3 is 2.55 bits per heavy atom. The van der Waals surface area contributed by atoms with Gasteiger partial charge in [0.15, 0.2) is 0 Å². The van der Waals surface area contributed by atoms with Crippen molar-refractivity contribution in [3.05, 3.63) is 64.7 Å². The van der Waals surface area contributed by atoms with Crippen molar-refractivity contribution in [2.24, 2.45) is 5.92 Å². The molecule has 4 rings (SSSR count). The second-order valence-corrected chi connectivity index (χ2v) is 9.20. The molecule has 2 aliphatic rings. The number of carbonyl (C=O) groups excluding carboxylic acids is 2. The van der Waals surface area contributed by atoms with E-state index in [-0.39, 0.29) is 24.4 Å². The van der Waals surface area contributed by atoms with E-state index in [2.05, 4.69) is 29.3 Å². The maximum atomic E-state index is 13.6. The average Bonchev–Trinajstić information content (AvgIpc) is 2.76. The Balaban J connectivity index is 1.54. The Labute approximate surface area is 185 Å². The van der Waals surface area contributed by atoms with Crippen LogP contribution in [0.5, 0.6) is 0 Å². The summed E-state index contributed by atoms with van der Waals surface area (Å²) in [5.41, 5.74) is 5.27. The van der Waals surface area contributed by atoms with Gasteiger partial charge in [-0.1, -0.05) is 43.3 Å². The van der Waals surface area contributed by atoms with E-state index in [4.69, 9.17) is 0 Å². The first-order valence-electron chi connectivity index (χ1n) is 11.4. The molecule has 1 atom stereocenters. The van der Waals surface area contributed by atoms with E-state index in [1.165, 1.54) is 5.56 Å². The molecule has 5 nitrogen and oxygen atoms in total. The molecule has 0 radical (unpaired) electrons. The van der Waals surface area contributed by atoms with Crippen molar-refractivity contribution in [2.45, 2.75) is 46.1 Å². The van der Waals surface area contributed by atoms with E-state index in [1.54, 1.807) is 0 Å². The van der Waals surface area contributed by atoms with E-state index >= 15 is 0 Å². The van der Waals surface area contributed by atoms with Crippen LogP contribution < -0.4 is 5.32 Å². The minimum Gasteiger partial charge on any atom is -0.341 e. The molecule has 1 unspecified atom stereocenters. The number of amides is 2. The van der Waals surface area contributed by atoms with Crippen LogP contribution >= 0.6 is 0 Å². The van der Waals surface area contributed by atoms with Crippen LogP contribution in [0.3, 0.4) is 0 Å². The molecule has 2 aromatic carbocycles. The number of rotatable bonds is 4. The van der Waals surface area contributed by atoms with E-state index < -0.39 is 0 Å². The number of nitrogens with one attached hydrogen (secondary N) is 1. The Morgan fingerprint density at radius 1 is 1.03 bits per heavy atom. The summed E-state index contributed by atoms with van der Waals surface area (Å²) < 4.78 is 0. The fourth-order valence-corrected chi connectivity index (χ4v) is 4.72. The Bertz CT molecular complexity index is 963. The van der Waals surface area contributed by atoms with Crippen molar-refractivity contribution in [3.8, 4) is 0 Å². The molecule has 5 heteroatoms. The molecule has 1 saturated heterocycles. The summed E-state index contributed by atoms with van der Waals surface area (Å²) in [5.74, 6) is 0.735. The quantitative estimate of drug-likeness (QED) is 0.812. The number of anilines is 1. The van der Waals surface area contributed by atoms with Gasteiger partial charge in [-0.15, -0.1) is 0 Å². The van der Waals surface area contributed by atoms with Gasteiger partial charge in [-0.25, -0.2) is 0 Å². The SMILES string of the molecule is Cc1ccc(C)c(NC(=O)CN2CCc3ccccc3C2C(=O)N2CCC(C)CC2)c1. The van der Waals surface area contributed by atoms with Gasteiger partial charge >= 0.3 is 0 Å². The Morgan fingerprint density at radius 2 is 1.77 bits per heavy atom. The first-order valence-corrected chi connectivity index (χ1v) is 11.4. The second-order valence-electron chi connectivity index (χ2n) is 9.20. The third-order valence-electron chi connectivity index (χ3n) is 6.73. The highest BCUT2D eigenvalue weighted by Gasteiger charge is 2.37. The predicted molar refractivity (Wildman–Crippen MR) is 124 cm³/mol. The molecule has 0 bridgehead atoms. The molecule has 0 aliphatic carbocycles. The number of piperidine rings is 1. The van der Waals surface area contributed by atoms with Crippen LogP contribution in [-0.2, 0) is 16.0 Å². The maximum Gasteiger partial charge on any atom is 0.244 e. The van der Waals surface area contributed by atoms with Gasteiger partial charge in [-0.05, 0) is 67.3 Å². The zero-order valence-electron chi connectivity index (χ0n) is 18.9. The molecule has 2 aromatic rings. The van der Waals surface area contributed by atoms with Gasteiger partial charge in [0.1, 0.15) is 6.04 Å². The number of likely N-dealkylation sites (tertiary alicyclic amines) is 1. The zero-order chi connectivity index (χ0) is 22.0. The molecule has 0 spiro atoms. The summed E-state index contributed by atoms with van der Waals surface area (Å²) in [5, 5.41) is 3.06. The van der Waals surface area contributed by atoms with Crippen LogP contribution in [-0.4, -0.2) is 47.8 Å². The standard InChI is InChI=1S/C26H33N3O2/c1-18-10-13-28(14-11-18)26(31)25-22-7-5-4-6-21(22)12-15-29(25)17-24(30)27-23-16-19(2)8-9-20(23)3/h4-9,16,18,25H,10-15,17H2,1-3H3,(H,27,30). The summed E-state index contributed by atoms with van der Waals surface area (Å²) in [7, 11) is 0. The van der Waals surface area contributed by atoms with Gasteiger partial charge in [0.2, 0.25) is 11.8 Å². The van der Waals surface area contributed by atoms with Crippen LogP contribution in [0.1, 0.15) is 48.1 Å². The maximum absolute atomic E-state index is 13.6. The topological polar surface area (TPSA) is 52.7 Å². The third kappa shape index (κ3) is 4.82. The number of nitrogens with zero attached hydrogens (tertiary/aromatic N) is 2. The number of hydrogen-bond donors (Lipinski definition) is 1. The van der Waals surface area contributed by atoms with Crippen molar-refractivity contribution < 1.29 is 9.59 Å². The summed E-state index contributed by atoms with van der Waals surface area (Å²) in [4.78, 5) is 30.7. The van der Waals surface area contributed by atoms with Crippen molar-refractivity contribution in [3.63, 3.8) is 0 Å². The Hall–Kier alpha value is -2.66. The van der Waals surface area contributed by atoms with Crippen LogP contribution in [0.4, 0.5) is 5.69 Å². The summed E-state index contributed by atoms with van der Waals surface area (Å²) in [6.07, 6.45) is 2.95. The van der Waals surface area contributed by atoms with Gasteiger partial charge in [0, 0.05) is 25.3 Å². The van der Waals surface area contributed by atoms with Crippen molar-refractivity contribution in [1.82, 2.24) is 9.80 Å². The van der Waals surface area contributed by atoms with Crippen molar-refractivity contribution in [2.75, 3.05) is 31.5 Å². The minimum absolute atomic E-state index is 0.0712. The average molecular weight is 420 g/mol. The van der Waals surface area contributed by atoms with E-state index in [1.807, 2.05) is 49.1 Å². The third-order valence-corrected chi connectivity index (χ3v) is 6.73. The van der Waals surface area contributed by atoms with Crippen LogP contribution in [0.15, 0.2) is 42.5 Å². The molecule has 2 aliphatic heterocycles. The zero-order valence-corrected chi connectivity index (χ0v) is 18.9. The second kappa shape index (κ2) is 9.23. The lowest BCUT2D eigenvalue weighted by molar-refractivity contribution is -0.139. The predicted octanol–water partition coefficient (Wildman–Crippen LogP) is 4.10. The molecule has 1 N–H and O–H groups in total. The van der Waals surface area contributed by atoms with Crippen LogP contribution in [0.2, 0.25) is 0 Å². The normalized spacial score (nSPS) is 19.7. The molecule has 2 heterocycles. The van der Waals surface area contributed by atoms with Gasteiger partial charge in [-0.3, -0.25) is 14.5 Å². The highest BCUT2D eigenvalue weighted by Crippen LogP contribution is 2.32. The van der Waals surface area contributed by atoms with Crippen LogP contribution in [0.25, 0.3) is 0 Å². The lowest BCUT2D eigenvalue weighted by Gasteiger charge is -2.40. The number of fused-ring (bicyclic) bond motifs is 1. The number of hydrogen-bond acceptors (Lipinski definition) is 3. The summed E-state index contributed by atoms with van der Waals surface area (Å²) >= 11 is 0. The fraction of sp³-hybridized carbons (Fsp3) is 0.462. The van der Waals surface area contributed by atoms with E-state index in [0.717, 1.165) is 54.7 Å². The van der Waals surface area contributed by atoms with Gasteiger partial charge in [0.25, 0.3) is 0 Å². The molecule has 0 aromatic heterocycles. The van der Waals surface area contributed by atoms with Gasteiger partial charge in [-0.2, -0.15) is 0 Å². The molecule has 164 valence electrons. The smallest absolute Gasteiger partial charge is 0.244 e. The Kier molecular flexibility index (Phi) is 6.42. The monoisotopic (exact) mass is 419 g/mol. The largest absolute Gasteiger partial charge is 0.341 e. The van der Waals surface area contributed by atoms with Crippen LogP contribution in [0, 0.1) is 19.8 Å². The lowest BCUT2D eigenvalue weighted by Crippen LogP contribution is -2.50. The molecule has 31 heavy (non-hydrogen) atoms. The van der Waals surface area contributed by atoms with E-state index in [9.17, 15) is 9.59 Å². The fourth-order valence-electron chi connectivity index (χ4n) is 4.72. The number of aryl methyl sites for hydroxylation is 2. The van der Waals surface area contributed by atoms with Gasteiger partial charge < -0.3 is 10.2 Å². The minimum atomic E-state index is -0.386. The highest BCUT2D eigenvalue weighted by molar-refractivity contribution is 5.94. The lowest BCUT2D eigenvalue weighted by atomic mass is 9.90. The number of benzene rings is 2.